The Labute approximate surface area is 140 Å². The molecule has 124 valence electrons. The lowest BCUT2D eigenvalue weighted by Gasteiger charge is -2.10. The topological polar surface area (TPSA) is 55.6 Å². The average molecular weight is 352 g/mol. The lowest BCUT2D eigenvalue weighted by molar-refractivity contribution is -0.0501. The smallest absolute Gasteiger partial charge is 0.387 e. The van der Waals surface area contributed by atoms with Crippen molar-refractivity contribution in [2.24, 2.45) is 0 Å². The number of halogens is 3. The maximum absolute atomic E-state index is 12.4. The minimum absolute atomic E-state index is 0.0320. The molecule has 0 aliphatic rings. The molecule has 0 unspecified atom stereocenters. The second-order valence-corrected chi connectivity index (χ2v) is 5.34. The third-order valence-electron chi connectivity index (χ3n) is 3.24. The van der Waals surface area contributed by atoms with E-state index < -0.39 is 12.5 Å². The summed E-state index contributed by atoms with van der Waals surface area (Å²) in [4.78, 5) is 16.5. The molecule has 0 aliphatic heterocycles. The number of amides is 1. The maximum Gasteiger partial charge on any atom is 0.387 e. The molecule has 0 saturated carbocycles. The number of imidazole rings is 1. The van der Waals surface area contributed by atoms with Gasteiger partial charge in [-0.15, -0.1) is 0 Å². The quantitative estimate of drug-likeness (QED) is 0.765. The summed E-state index contributed by atoms with van der Waals surface area (Å²) in [5.74, 6) is -0.701. The van der Waals surface area contributed by atoms with Crippen LogP contribution in [0.4, 0.5) is 8.78 Å². The van der Waals surface area contributed by atoms with Crippen molar-refractivity contribution in [2.45, 2.75) is 13.2 Å². The van der Waals surface area contributed by atoms with Crippen LogP contribution in [-0.4, -0.2) is 21.9 Å². The van der Waals surface area contributed by atoms with E-state index in [4.69, 9.17) is 11.6 Å². The average Bonchev–Trinajstić information content (AvgIpc) is 2.94. The van der Waals surface area contributed by atoms with Gasteiger partial charge in [0.25, 0.3) is 5.91 Å². The predicted molar refractivity (Wildman–Crippen MR) is 84.4 cm³/mol. The number of carbonyl (C=O) groups is 1. The molecule has 0 spiro atoms. The Bertz CT molecular complexity index is 883. The summed E-state index contributed by atoms with van der Waals surface area (Å²) >= 11 is 5.90. The highest BCUT2D eigenvalue weighted by atomic mass is 35.5. The summed E-state index contributed by atoms with van der Waals surface area (Å²) in [6.07, 6.45) is 3.42. The van der Waals surface area contributed by atoms with Crippen molar-refractivity contribution in [3.05, 3.63) is 65.1 Å². The summed E-state index contributed by atoms with van der Waals surface area (Å²) in [6.45, 7) is -2.86. The third kappa shape index (κ3) is 3.62. The molecule has 2 heterocycles. The molecule has 24 heavy (non-hydrogen) atoms. The first-order chi connectivity index (χ1) is 11.5. The van der Waals surface area contributed by atoms with Gasteiger partial charge in [0, 0.05) is 12.4 Å². The number of fused-ring (bicyclic) bond motifs is 1. The molecule has 3 rings (SSSR count). The van der Waals surface area contributed by atoms with E-state index in [2.05, 4.69) is 15.0 Å². The summed E-state index contributed by atoms with van der Waals surface area (Å²) < 4.78 is 30.9. The van der Waals surface area contributed by atoms with E-state index in [0.29, 0.717) is 16.4 Å². The summed E-state index contributed by atoms with van der Waals surface area (Å²) in [7, 11) is 0. The van der Waals surface area contributed by atoms with E-state index in [1.165, 1.54) is 18.2 Å². The highest BCUT2D eigenvalue weighted by Crippen LogP contribution is 2.20. The number of nitrogens with one attached hydrogen (secondary N) is 1. The zero-order valence-electron chi connectivity index (χ0n) is 12.2. The van der Waals surface area contributed by atoms with Gasteiger partial charge >= 0.3 is 6.61 Å². The highest BCUT2D eigenvalue weighted by molar-refractivity contribution is 6.30. The van der Waals surface area contributed by atoms with Crippen LogP contribution < -0.4 is 10.1 Å². The summed E-state index contributed by atoms with van der Waals surface area (Å²) in [5.41, 5.74) is 1.33. The molecule has 0 radical (unpaired) electrons. The van der Waals surface area contributed by atoms with Crippen molar-refractivity contribution in [1.82, 2.24) is 14.7 Å². The largest absolute Gasteiger partial charge is 0.434 e. The van der Waals surface area contributed by atoms with E-state index in [9.17, 15) is 13.6 Å². The number of hydrogen-bond donors (Lipinski definition) is 1. The number of aromatic nitrogens is 2. The molecule has 5 nitrogen and oxygen atoms in total. The Kier molecular flexibility index (Phi) is 4.61. The molecule has 1 aromatic carbocycles. The van der Waals surface area contributed by atoms with Gasteiger partial charge in [0.15, 0.2) is 0 Å². The highest BCUT2D eigenvalue weighted by Gasteiger charge is 2.15. The molecule has 2 aromatic heterocycles. The lowest BCUT2D eigenvalue weighted by Crippen LogP contribution is -2.24. The van der Waals surface area contributed by atoms with Crippen LogP contribution in [0.2, 0.25) is 5.02 Å². The van der Waals surface area contributed by atoms with Crippen LogP contribution in [0.15, 0.2) is 48.8 Å². The number of ether oxygens (including phenoxy) is 1. The normalized spacial score (nSPS) is 11.0. The number of para-hydroxylation sites is 1. The number of benzene rings is 1. The van der Waals surface area contributed by atoms with Crippen LogP contribution in [0.1, 0.15) is 16.1 Å². The Balaban J connectivity index is 1.73. The Morgan fingerprint density at radius 2 is 2.04 bits per heavy atom. The molecule has 1 N–H and O–H groups in total. The lowest BCUT2D eigenvalue weighted by atomic mass is 10.2. The summed E-state index contributed by atoms with van der Waals surface area (Å²) in [6, 6.07) is 9.27. The Morgan fingerprint density at radius 3 is 2.83 bits per heavy atom. The van der Waals surface area contributed by atoms with Crippen LogP contribution in [0.5, 0.6) is 5.75 Å². The van der Waals surface area contributed by atoms with Gasteiger partial charge in [0.1, 0.15) is 11.4 Å². The van der Waals surface area contributed by atoms with Crippen LogP contribution in [-0.2, 0) is 6.54 Å². The molecular weight excluding hydrogens is 340 g/mol. The standard InChI is InChI=1S/C16H12ClF2N3O2/c17-10-5-6-14-21-11(9-22(14)8-10)7-20-15(23)12-3-1-2-4-13(12)24-16(18)19/h1-6,8-9,16H,7H2,(H,20,23). The number of hydrogen-bond acceptors (Lipinski definition) is 3. The molecule has 0 fully saturated rings. The molecule has 0 atom stereocenters. The minimum Gasteiger partial charge on any atom is -0.434 e. The number of carbonyl (C=O) groups excluding carboxylic acids is 1. The van der Waals surface area contributed by atoms with Crippen molar-refractivity contribution >= 4 is 23.2 Å². The number of nitrogens with zero attached hydrogens (tertiary/aromatic N) is 2. The van der Waals surface area contributed by atoms with E-state index in [-0.39, 0.29) is 17.9 Å². The van der Waals surface area contributed by atoms with Gasteiger partial charge in [-0.2, -0.15) is 8.78 Å². The van der Waals surface area contributed by atoms with Crippen LogP contribution in [0, 0.1) is 0 Å². The molecule has 0 bridgehead atoms. The number of alkyl halides is 2. The second-order valence-electron chi connectivity index (χ2n) is 4.90. The first-order valence-corrected chi connectivity index (χ1v) is 7.36. The van der Waals surface area contributed by atoms with Crippen LogP contribution in [0.3, 0.4) is 0 Å². The third-order valence-corrected chi connectivity index (χ3v) is 3.47. The fraction of sp³-hybridized carbons (Fsp3) is 0.125. The maximum atomic E-state index is 12.4. The van der Waals surface area contributed by atoms with E-state index in [0.717, 1.165) is 0 Å². The van der Waals surface area contributed by atoms with Crippen molar-refractivity contribution in [1.29, 1.82) is 0 Å². The van der Waals surface area contributed by atoms with Crippen LogP contribution in [0.25, 0.3) is 5.65 Å². The fourth-order valence-corrected chi connectivity index (χ4v) is 2.39. The molecule has 1 amide bonds. The molecule has 0 aliphatic carbocycles. The van der Waals surface area contributed by atoms with E-state index in [1.54, 1.807) is 35.0 Å². The monoisotopic (exact) mass is 351 g/mol. The second kappa shape index (κ2) is 6.84. The molecule has 0 saturated heterocycles. The first-order valence-electron chi connectivity index (χ1n) is 6.98. The fourth-order valence-electron chi connectivity index (χ4n) is 2.22. The van der Waals surface area contributed by atoms with Crippen molar-refractivity contribution in [2.75, 3.05) is 0 Å². The van der Waals surface area contributed by atoms with Crippen molar-refractivity contribution < 1.29 is 18.3 Å². The van der Waals surface area contributed by atoms with E-state index >= 15 is 0 Å². The Morgan fingerprint density at radius 1 is 1.25 bits per heavy atom. The van der Waals surface area contributed by atoms with Crippen molar-refractivity contribution in [3.63, 3.8) is 0 Å². The zero-order chi connectivity index (χ0) is 17.1. The van der Waals surface area contributed by atoms with Gasteiger partial charge in [-0.3, -0.25) is 4.79 Å². The molecular formula is C16H12ClF2N3O2. The predicted octanol–water partition coefficient (Wildman–Crippen LogP) is 3.52. The van der Waals surface area contributed by atoms with Crippen molar-refractivity contribution in [3.8, 4) is 5.75 Å². The summed E-state index contributed by atoms with van der Waals surface area (Å²) in [5, 5.41) is 3.20. The Hall–Kier alpha value is -2.67. The van der Waals surface area contributed by atoms with Crippen LogP contribution >= 0.6 is 11.6 Å². The van der Waals surface area contributed by atoms with Gasteiger partial charge in [0.05, 0.1) is 22.8 Å². The molecule has 3 aromatic rings. The minimum atomic E-state index is -3.00. The van der Waals surface area contributed by atoms with Gasteiger partial charge < -0.3 is 14.5 Å². The first kappa shape index (κ1) is 16.2. The number of rotatable bonds is 5. The zero-order valence-corrected chi connectivity index (χ0v) is 13.0. The van der Waals surface area contributed by atoms with Gasteiger partial charge in [-0.1, -0.05) is 23.7 Å². The van der Waals surface area contributed by atoms with Gasteiger partial charge in [0.2, 0.25) is 0 Å². The van der Waals surface area contributed by atoms with Gasteiger partial charge in [-0.05, 0) is 24.3 Å². The molecule has 8 heteroatoms. The SMILES string of the molecule is O=C(NCc1cn2cc(Cl)ccc2n1)c1ccccc1OC(F)F. The van der Waals surface area contributed by atoms with Gasteiger partial charge in [-0.25, -0.2) is 4.98 Å². The van der Waals surface area contributed by atoms with E-state index in [1.807, 2.05) is 0 Å². The number of pyridine rings is 1.